The minimum Gasteiger partial charge on any atom is -0.357 e. The van der Waals surface area contributed by atoms with E-state index in [2.05, 4.69) is 5.32 Å². The molecule has 0 aliphatic rings. The molecule has 2 amide bonds. The molecule has 4 aromatic rings. The fraction of sp³-hybridized carbons (Fsp3) is 0.212. The van der Waals surface area contributed by atoms with Gasteiger partial charge in [-0.05, 0) is 66.9 Å². The van der Waals surface area contributed by atoms with Crippen molar-refractivity contribution in [3.8, 4) is 0 Å². The van der Waals surface area contributed by atoms with Crippen LogP contribution in [0.25, 0.3) is 0 Å². The van der Waals surface area contributed by atoms with Crippen molar-refractivity contribution in [2.24, 2.45) is 0 Å². The van der Waals surface area contributed by atoms with Crippen LogP contribution in [-0.4, -0.2) is 44.8 Å². The van der Waals surface area contributed by atoms with Gasteiger partial charge in [0.15, 0.2) is 0 Å². The number of nitrogens with zero attached hydrogens (tertiary/aromatic N) is 2. The Morgan fingerprint density at radius 2 is 1.42 bits per heavy atom. The first-order valence-corrected chi connectivity index (χ1v) is 15.9. The number of hydrogen-bond donors (Lipinski definition) is 1. The number of halogens is 2. The highest BCUT2D eigenvalue weighted by atomic mass is 35.5. The highest BCUT2D eigenvalue weighted by Gasteiger charge is 2.35. The summed E-state index contributed by atoms with van der Waals surface area (Å²) in [5, 5.41) is 3.31. The molecule has 0 radical (unpaired) electrons. The standard InChI is InChI=1S/C33H33Cl2N3O4S/c1-23-17-18-26(19-24(23)2)38(43(41,42)27-13-8-5-9-14-27)22-32(39)37(21-28-29(34)15-10-16-30(28)35)31(33(40)36-3)20-25-11-6-4-7-12-25/h4-19,31H,20-22H2,1-3H3,(H,36,40)/t31-/m1/s1. The number of carbonyl (C=O) groups excluding carboxylic acids is 2. The molecule has 4 rings (SSSR count). The van der Waals surface area contributed by atoms with Crippen LogP contribution in [0.1, 0.15) is 22.3 Å². The average Bonchev–Trinajstić information content (AvgIpc) is 3.00. The summed E-state index contributed by atoms with van der Waals surface area (Å²) in [6, 6.07) is 26.4. The van der Waals surface area contributed by atoms with Crippen LogP contribution in [0.2, 0.25) is 10.0 Å². The third kappa shape index (κ3) is 7.57. The van der Waals surface area contributed by atoms with E-state index in [0.717, 1.165) is 21.0 Å². The van der Waals surface area contributed by atoms with Crippen molar-refractivity contribution in [1.29, 1.82) is 0 Å². The molecule has 0 bridgehead atoms. The van der Waals surface area contributed by atoms with E-state index in [0.29, 0.717) is 21.3 Å². The van der Waals surface area contributed by atoms with Gasteiger partial charge >= 0.3 is 0 Å². The SMILES string of the molecule is CNC(=O)[C@@H](Cc1ccccc1)N(Cc1c(Cl)cccc1Cl)C(=O)CN(c1ccc(C)c(C)c1)S(=O)(=O)c1ccccc1. The summed E-state index contributed by atoms with van der Waals surface area (Å²) in [6.45, 7) is 3.12. The zero-order valence-electron chi connectivity index (χ0n) is 24.1. The Kier molecular flexibility index (Phi) is 10.5. The van der Waals surface area contributed by atoms with Gasteiger partial charge in [0.05, 0.1) is 10.6 Å². The number of benzene rings is 4. The number of carbonyl (C=O) groups is 2. The summed E-state index contributed by atoms with van der Waals surface area (Å²) in [5.41, 5.74) is 3.44. The molecule has 0 aliphatic carbocycles. The number of rotatable bonds is 11. The third-order valence-electron chi connectivity index (χ3n) is 7.30. The minimum atomic E-state index is -4.18. The normalized spacial score (nSPS) is 11.9. The van der Waals surface area contributed by atoms with Gasteiger partial charge in [-0.15, -0.1) is 0 Å². The second-order valence-corrected chi connectivity index (χ2v) is 12.8. The first kappa shape index (κ1) is 32.1. The van der Waals surface area contributed by atoms with Gasteiger partial charge in [-0.2, -0.15) is 0 Å². The lowest BCUT2D eigenvalue weighted by molar-refractivity contribution is -0.139. The third-order valence-corrected chi connectivity index (χ3v) is 9.79. The van der Waals surface area contributed by atoms with Crippen molar-refractivity contribution < 1.29 is 18.0 Å². The van der Waals surface area contributed by atoms with Gasteiger partial charge in [0, 0.05) is 35.6 Å². The van der Waals surface area contributed by atoms with E-state index < -0.39 is 34.4 Å². The smallest absolute Gasteiger partial charge is 0.264 e. The topological polar surface area (TPSA) is 86.8 Å². The molecule has 0 saturated carbocycles. The van der Waals surface area contributed by atoms with Crippen molar-refractivity contribution in [3.63, 3.8) is 0 Å². The van der Waals surface area contributed by atoms with Gasteiger partial charge in [-0.3, -0.25) is 13.9 Å². The lowest BCUT2D eigenvalue weighted by atomic mass is 10.0. The number of sulfonamides is 1. The van der Waals surface area contributed by atoms with Crippen LogP contribution in [0, 0.1) is 13.8 Å². The molecule has 0 saturated heterocycles. The fourth-order valence-corrected chi connectivity index (χ4v) is 6.65. The largest absolute Gasteiger partial charge is 0.357 e. The Labute approximate surface area is 263 Å². The molecule has 224 valence electrons. The van der Waals surface area contributed by atoms with Crippen molar-refractivity contribution >= 4 is 50.7 Å². The molecule has 1 atom stereocenters. The second-order valence-electron chi connectivity index (χ2n) is 10.1. The van der Waals surface area contributed by atoms with Gasteiger partial charge in [-0.1, -0.05) is 83.9 Å². The van der Waals surface area contributed by atoms with Gasteiger partial charge in [0.25, 0.3) is 10.0 Å². The van der Waals surface area contributed by atoms with Crippen LogP contribution in [-0.2, 0) is 32.6 Å². The van der Waals surface area contributed by atoms with Gasteiger partial charge in [-0.25, -0.2) is 8.42 Å². The predicted molar refractivity (Wildman–Crippen MR) is 172 cm³/mol. The maximum absolute atomic E-state index is 14.4. The zero-order valence-corrected chi connectivity index (χ0v) is 26.5. The molecule has 0 unspecified atom stereocenters. The van der Waals surface area contributed by atoms with E-state index in [4.69, 9.17) is 23.2 Å². The molecule has 7 nitrogen and oxygen atoms in total. The molecule has 0 spiro atoms. The lowest BCUT2D eigenvalue weighted by Crippen LogP contribution is -2.53. The van der Waals surface area contributed by atoms with E-state index in [9.17, 15) is 18.0 Å². The average molecular weight is 639 g/mol. The van der Waals surface area contributed by atoms with E-state index in [1.165, 1.54) is 24.1 Å². The number of aryl methyl sites for hydroxylation is 2. The van der Waals surface area contributed by atoms with E-state index in [1.807, 2.05) is 50.2 Å². The van der Waals surface area contributed by atoms with Crippen molar-refractivity contribution in [2.45, 2.75) is 37.8 Å². The molecule has 0 heterocycles. The fourth-order valence-electron chi connectivity index (χ4n) is 4.70. The quantitative estimate of drug-likeness (QED) is 0.212. The Balaban J connectivity index is 1.83. The number of nitrogens with one attached hydrogen (secondary N) is 1. The number of likely N-dealkylation sites (N-methyl/N-ethyl adjacent to an activating group) is 1. The molecular formula is C33H33Cl2N3O4S. The van der Waals surface area contributed by atoms with Crippen LogP contribution in [0.5, 0.6) is 0 Å². The van der Waals surface area contributed by atoms with Crippen molar-refractivity contribution in [3.05, 3.63) is 129 Å². The van der Waals surface area contributed by atoms with Crippen molar-refractivity contribution in [1.82, 2.24) is 10.2 Å². The van der Waals surface area contributed by atoms with Gasteiger partial charge < -0.3 is 10.2 Å². The molecule has 1 N–H and O–H groups in total. The monoisotopic (exact) mass is 637 g/mol. The summed E-state index contributed by atoms with van der Waals surface area (Å²) in [4.78, 5) is 29.2. The summed E-state index contributed by atoms with van der Waals surface area (Å²) < 4.78 is 29.2. The Hall–Kier alpha value is -3.85. The summed E-state index contributed by atoms with van der Waals surface area (Å²) in [6.07, 6.45) is 0.184. The highest BCUT2D eigenvalue weighted by molar-refractivity contribution is 7.92. The number of anilines is 1. The van der Waals surface area contributed by atoms with E-state index in [1.54, 1.807) is 48.5 Å². The molecule has 0 fully saturated rings. The van der Waals surface area contributed by atoms with E-state index in [-0.39, 0.29) is 17.9 Å². The molecule has 10 heteroatoms. The van der Waals surface area contributed by atoms with Crippen LogP contribution in [0.15, 0.2) is 102 Å². The maximum Gasteiger partial charge on any atom is 0.264 e. The molecule has 4 aromatic carbocycles. The second kappa shape index (κ2) is 14.1. The van der Waals surface area contributed by atoms with Crippen LogP contribution < -0.4 is 9.62 Å². The van der Waals surface area contributed by atoms with E-state index >= 15 is 0 Å². The first-order valence-electron chi connectivity index (χ1n) is 13.7. The molecule has 0 aromatic heterocycles. The molecule has 0 aliphatic heterocycles. The predicted octanol–water partition coefficient (Wildman–Crippen LogP) is 6.19. The maximum atomic E-state index is 14.4. The first-order chi connectivity index (χ1) is 20.5. The van der Waals surface area contributed by atoms with Gasteiger partial charge in [0.2, 0.25) is 11.8 Å². The van der Waals surface area contributed by atoms with Crippen LogP contribution in [0.4, 0.5) is 5.69 Å². The number of amides is 2. The minimum absolute atomic E-state index is 0.0360. The Bertz CT molecular complexity index is 1680. The van der Waals surface area contributed by atoms with Crippen molar-refractivity contribution in [2.75, 3.05) is 17.9 Å². The summed E-state index contributed by atoms with van der Waals surface area (Å²) >= 11 is 13.0. The van der Waals surface area contributed by atoms with Crippen LogP contribution >= 0.6 is 23.2 Å². The molecule has 43 heavy (non-hydrogen) atoms. The number of hydrogen-bond acceptors (Lipinski definition) is 4. The lowest BCUT2D eigenvalue weighted by Gasteiger charge is -2.34. The Morgan fingerprint density at radius 3 is 2.00 bits per heavy atom. The summed E-state index contributed by atoms with van der Waals surface area (Å²) in [5.74, 6) is -1.01. The Morgan fingerprint density at radius 1 is 0.814 bits per heavy atom. The zero-order chi connectivity index (χ0) is 31.1. The molecular weight excluding hydrogens is 605 g/mol. The van der Waals surface area contributed by atoms with Gasteiger partial charge in [0.1, 0.15) is 12.6 Å². The highest BCUT2D eigenvalue weighted by Crippen LogP contribution is 2.29. The van der Waals surface area contributed by atoms with Crippen LogP contribution in [0.3, 0.4) is 0 Å². The summed E-state index contributed by atoms with van der Waals surface area (Å²) in [7, 11) is -2.69.